The molecule has 0 saturated heterocycles. The molecule has 0 fully saturated rings. The molecule has 2 atom stereocenters. The maximum Gasteiger partial charge on any atom is 0.269 e. The number of nitrogens with zero attached hydrogens (tertiary/aromatic N) is 6. The number of nitro groups is 2. The number of benzene rings is 7. The topological polar surface area (TPSA) is 98.8 Å². The third-order valence-electron chi connectivity index (χ3n) is 17.1. The van der Waals surface area contributed by atoms with E-state index < -0.39 is 10.8 Å². The van der Waals surface area contributed by atoms with E-state index in [1.807, 2.05) is 26.2 Å². The first-order valence-corrected chi connectivity index (χ1v) is 25.4. The molecule has 0 saturated carbocycles. The Morgan fingerprint density at radius 2 is 0.892 bits per heavy atom. The molecule has 7 aromatic rings. The minimum absolute atomic E-state index is 0.0654. The highest BCUT2D eigenvalue weighted by Gasteiger charge is 2.48. The number of rotatable bonds is 10. The highest BCUT2D eigenvalue weighted by Crippen LogP contribution is 2.53. The highest BCUT2D eigenvalue weighted by molar-refractivity contribution is 6.09. The Morgan fingerprint density at radius 3 is 1.27 bits per heavy atom. The summed E-state index contributed by atoms with van der Waals surface area (Å²) in [7, 11) is 8.37. The number of hydrogen-bond donors (Lipinski definition) is 0. The largest absolute Gasteiger partial charge is 0.347 e. The lowest BCUT2D eigenvalue weighted by Crippen LogP contribution is -2.29. The fraction of sp³-hybridized carbons (Fsp3) is 0.250. The minimum atomic E-state index is -0.614. The van der Waals surface area contributed by atoms with Crippen LogP contribution in [-0.2, 0) is 34.5 Å². The van der Waals surface area contributed by atoms with Crippen LogP contribution in [0.15, 0.2) is 181 Å². The van der Waals surface area contributed by atoms with Gasteiger partial charge < -0.3 is 9.80 Å². The average molecular weight is 979 g/mol. The third kappa shape index (κ3) is 7.28. The number of hydrogen-bond acceptors (Lipinski definition) is 6. The van der Waals surface area contributed by atoms with E-state index in [0.29, 0.717) is 12.8 Å². The molecule has 4 heterocycles. The molecule has 0 aliphatic carbocycles. The van der Waals surface area contributed by atoms with E-state index in [0.717, 1.165) is 45.0 Å². The van der Waals surface area contributed by atoms with Crippen molar-refractivity contribution in [1.29, 1.82) is 0 Å². The minimum Gasteiger partial charge on any atom is -0.347 e. The van der Waals surface area contributed by atoms with E-state index in [9.17, 15) is 20.2 Å². The molecular formula is C64H62N6O4+2. The van der Waals surface area contributed by atoms with Gasteiger partial charge in [-0.25, -0.2) is 0 Å². The molecular weight excluding hydrogens is 917 g/mol. The third-order valence-corrected chi connectivity index (χ3v) is 17.1. The predicted molar refractivity (Wildman–Crippen MR) is 302 cm³/mol. The van der Waals surface area contributed by atoms with Crippen LogP contribution < -0.4 is 9.80 Å². The molecule has 0 bridgehead atoms. The lowest BCUT2D eigenvalue weighted by molar-refractivity contribution is -0.401. The van der Waals surface area contributed by atoms with Crippen LogP contribution >= 0.6 is 0 Å². The smallest absolute Gasteiger partial charge is 0.269 e. The second-order valence-electron chi connectivity index (χ2n) is 22.2. The average Bonchev–Trinajstić information content (AvgIpc) is 3.89. The number of anilines is 2. The zero-order chi connectivity index (χ0) is 52.2. The van der Waals surface area contributed by atoms with Gasteiger partial charge in [0.25, 0.3) is 11.4 Å². The number of allylic oxidation sites excluding steroid dienone is 8. The van der Waals surface area contributed by atoms with Crippen LogP contribution in [0.25, 0.3) is 21.5 Å². The Hall–Kier alpha value is -8.24. The van der Waals surface area contributed by atoms with E-state index in [-0.39, 0.29) is 32.1 Å². The highest BCUT2D eigenvalue weighted by atomic mass is 16.6. The maximum atomic E-state index is 12.2. The summed E-state index contributed by atoms with van der Waals surface area (Å²) < 4.78 is 4.59. The van der Waals surface area contributed by atoms with Gasteiger partial charge in [-0.2, -0.15) is 9.15 Å². The summed E-state index contributed by atoms with van der Waals surface area (Å²) in [6.45, 7) is 13.5. The zero-order valence-corrected chi connectivity index (χ0v) is 43.9. The second-order valence-corrected chi connectivity index (χ2v) is 22.2. The van der Waals surface area contributed by atoms with Crippen LogP contribution in [0.2, 0.25) is 0 Å². The van der Waals surface area contributed by atoms with E-state index in [2.05, 4.69) is 208 Å². The van der Waals surface area contributed by atoms with Crippen molar-refractivity contribution in [3.63, 3.8) is 0 Å². The Kier molecular flexibility index (Phi) is 11.2. The first kappa shape index (κ1) is 48.1. The van der Waals surface area contributed by atoms with Crippen LogP contribution in [0.1, 0.15) is 74.9 Å². The van der Waals surface area contributed by atoms with Gasteiger partial charge in [-0.1, -0.05) is 84.9 Å². The molecule has 0 N–H and O–H groups in total. The van der Waals surface area contributed by atoms with E-state index in [4.69, 9.17) is 0 Å². The zero-order valence-electron chi connectivity index (χ0n) is 43.9. The molecule has 10 nitrogen and oxygen atoms in total. The first-order chi connectivity index (χ1) is 35.2. The van der Waals surface area contributed by atoms with Crippen molar-refractivity contribution in [3.05, 3.63) is 235 Å². The van der Waals surface area contributed by atoms with Crippen molar-refractivity contribution in [3.8, 4) is 0 Å². The summed E-state index contributed by atoms with van der Waals surface area (Å²) >= 11 is 0. The lowest BCUT2D eigenvalue weighted by Gasteiger charge is -2.30. The molecule has 7 aromatic carbocycles. The summed E-state index contributed by atoms with van der Waals surface area (Å²) in [5.41, 5.74) is 13.8. The normalized spacial score (nSPS) is 21.5. The molecule has 2 unspecified atom stereocenters. The van der Waals surface area contributed by atoms with Crippen molar-refractivity contribution in [2.24, 2.45) is 0 Å². The van der Waals surface area contributed by atoms with Crippen molar-refractivity contribution >= 4 is 67.1 Å². The molecule has 0 amide bonds. The molecule has 4 aliphatic rings. The molecule has 74 heavy (non-hydrogen) atoms. The van der Waals surface area contributed by atoms with Crippen LogP contribution in [0, 0.1) is 20.2 Å². The summed E-state index contributed by atoms with van der Waals surface area (Å²) in [4.78, 5) is 28.2. The Morgan fingerprint density at radius 1 is 0.514 bits per heavy atom. The van der Waals surface area contributed by atoms with Crippen molar-refractivity contribution in [2.75, 3.05) is 38.0 Å². The first-order valence-electron chi connectivity index (χ1n) is 25.4. The van der Waals surface area contributed by atoms with Gasteiger partial charge in [0, 0.05) is 107 Å². The molecule has 11 rings (SSSR count). The Bertz CT molecular complexity index is 3530. The van der Waals surface area contributed by atoms with Gasteiger partial charge in [-0.3, -0.25) is 20.2 Å². The molecule has 10 heteroatoms. The van der Waals surface area contributed by atoms with Crippen LogP contribution in [0.3, 0.4) is 0 Å². The van der Waals surface area contributed by atoms with Gasteiger partial charge >= 0.3 is 0 Å². The fourth-order valence-corrected chi connectivity index (χ4v) is 13.4. The Balaban J connectivity index is 0.918. The fourth-order valence-electron chi connectivity index (χ4n) is 13.4. The monoisotopic (exact) mass is 978 g/mol. The quantitative estimate of drug-likeness (QED) is 0.0769. The van der Waals surface area contributed by atoms with Gasteiger partial charge in [0.05, 0.1) is 20.7 Å². The molecule has 4 aliphatic heterocycles. The molecule has 0 aromatic heterocycles. The molecule has 0 radical (unpaired) electrons. The summed E-state index contributed by atoms with van der Waals surface area (Å²) in [5.74, 6) is 0. The van der Waals surface area contributed by atoms with Crippen LogP contribution in [0.5, 0.6) is 0 Å². The van der Waals surface area contributed by atoms with Crippen molar-refractivity contribution in [1.82, 2.24) is 0 Å². The van der Waals surface area contributed by atoms with Gasteiger partial charge in [-0.05, 0) is 135 Å². The number of likely N-dealkylation sites (N-methyl/N-ethyl adjacent to an activating group) is 2. The molecule has 370 valence electrons. The van der Waals surface area contributed by atoms with Gasteiger partial charge in [0.15, 0.2) is 11.4 Å². The Labute approximate surface area is 433 Å². The summed E-state index contributed by atoms with van der Waals surface area (Å²) in [5, 5.41) is 29.5. The SMILES string of the molecule is CN1/C(=C\C=C\C2=[N+](C)c3ccc4ccccc4c3C2(C)C)C(C)(Cc2ccc(CC3(C)/C(=C/C=C/C4=[N+](C)c5ccc6ccccc6c5C4(C)C)N(C)c4ccc([N+](=O)[O-])cc43)cc2)c2cc([N+](=O)[O-])ccc21. The number of fused-ring (bicyclic) bond motifs is 8. The van der Waals surface area contributed by atoms with Gasteiger partial charge in [-0.15, -0.1) is 0 Å². The maximum absolute atomic E-state index is 12.2. The predicted octanol–water partition coefficient (Wildman–Crippen LogP) is 14.0. The van der Waals surface area contributed by atoms with E-state index in [1.54, 1.807) is 24.3 Å². The number of nitro benzene ring substituents is 2. The van der Waals surface area contributed by atoms with Crippen LogP contribution in [0.4, 0.5) is 34.1 Å². The van der Waals surface area contributed by atoms with Crippen molar-refractivity contribution in [2.45, 2.75) is 76.0 Å². The van der Waals surface area contributed by atoms with Crippen LogP contribution in [-0.4, -0.2) is 58.6 Å². The van der Waals surface area contributed by atoms with Gasteiger partial charge in [0.2, 0.25) is 11.4 Å². The second kappa shape index (κ2) is 17.2. The van der Waals surface area contributed by atoms with Gasteiger partial charge in [0.1, 0.15) is 14.1 Å². The lowest BCUT2D eigenvalue weighted by atomic mass is 9.74. The summed E-state index contributed by atoms with van der Waals surface area (Å²) in [6, 6.07) is 45.1. The van der Waals surface area contributed by atoms with Crippen molar-refractivity contribution < 1.29 is 19.0 Å². The standard InChI is InChI=1S/C64H62N6O4/c1-61(2)55(67(9)53-33-29-43-17-11-13-19-47(43)59(53)61)21-15-23-57-63(5,49-37-45(69(71)72)31-35-51(49)65(57)7)39-41-25-27-42(28-26-41)40-64(6)50-38-46(70(73)74)32-36-52(50)66(8)58(64)24-16-22-56-62(3,4)60-48-20-14-12-18-44(48)30-34-54(60)68(56)10/h11-38H,39-40H2,1-10H3/q+2. The number of non-ortho nitro benzene ring substituents is 2. The van der Waals surface area contributed by atoms with E-state index in [1.165, 1.54) is 55.5 Å². The molecule has 0 spiro atoms. The summed E-state index contributed by atoms with van der Waals surface area (Å²) in [6.07, 6.45) is 14.3. The van der Waals surface area contributed by atoms with E-state index >= 15 is 0 Å².